The number of ether oxygens (including phenoxy) is 1. The van der Waals surface area contributed by atoms with Gasteiger partial charge in [0, 0.05) is 19.3 Å². The lowest BCUT2D eigenvalue weighted by molar-refractivity contribution is -0.140. The summed E-state index contributed by atoms with van der Waals surface area (Å²) in [6.45, 7) is 2.06. The van der Waals surface area contributed by atoms with Crippen molar-refractivity contribution in [2.24, 2.45) is 0 Å². The van der Waals surface area contributed by atoms with Crippen LogP contribution in [0.3, 0.4) is 0 Å². The molecule has 0 heterocycles. The van der Waals surface area contributed by atoms with Gasteiger partial charge in [-0.2, -0.15) is 0 Å². The van der Waals surface area contributed by atoms with Crippen LogP contribution in [0.15, 0.2) is 0 Å². The highest BCUT2D eigenvalue weighted by atomic mass is 16.5. The van der Waals surface area contributed by atoms with Gasteiger partial charge in [-0.3, -0.25) is 9.59 Å². The topological polar surface area (TPSA) is 43.4 Å². The molecule has 0 spiro atoms. The molecule has 0 aliphatic carbocycles. The lowest BCUT2D eigenvalue weighted by Crippen LogP contribution is -1.99. The Labute approximate surface area is 124 Å². The molecule has 3 heteroatoms. The molecule has 0 radical (unpaired) electrons. The Hall–Kier alpha value is -0.860. The minimum atomic E-state index is -0.0948. The number of rotatable bonds is 14. The standard InChI is InChI=1S/C17H32O3/c1-3-13-16(18)14-11-9-7-5-4-6-8-10-12-15-17(19)20-2/h3-15H2,1-2H3. The first-order valence-electron chi connectivity index (χ1n) is 8.29. The Morgan fingerprint density at radius 2 is 1.15 bits per heavy atom. The van der Waals surface area contributed by atoms with Crippen LogP contribution in [-0.2, 0) is 14.3 Å². The van der Waals surface area contributed by atoms with Gasteiger partial charge in [-0.1, -0.05) is 51.9 Å². The van der Waals surface area contributed by atoms with Crippen LogP contribution in [0, 0.1) is 0 Å². The van der Waals surface area contributed by atoms with Crippen molar-refractivity contribution in [3.63, 3.8) is 0 Å². The Bertz CT molecular complexity index is 249. The highest BCUT2D eigenvalue weighted by Crippen LogP contribution is 2.12. The zero-order chi connectivity index (χ0) is 15.1. The smallest absolute Gasteiger partial charge is 0.305 e. The maximum Gasteiger partial charge on any atom is 0.305 e. The number of carbonyl (C=O) groups is 2. The summed E-state index contributed by atoms with van der Waals surface area (Å²) >= 11 is 0. The summed E-state index contributed by atoms with van der Waals surface area (Å²) in [5.74, 6) is 0.334. The van der Waals surface area contributed by atoms with Crippen molar-refractivity contribution in [1.29, 1.82) is 0 Å². The molecular formula is C17H32O3. The van der Waals surface area contributed by atoms with Crippen molar-refractivity contribution in [2.45, 2.75) is 90.4 Å². The molecule has 0 aromatic carbocycles. The van der Waals surface area contributed by atoms with E-state index in [1.54, 1.807) is 0 Å². The van der Waals surface area contributed by atoms with Crippen LogP contribution in [0.25, 0.3) is 0 Å². The monoisotopic (exact) mass is 284 g/mol. The average molecular weight is 284 g/mol. The highest BCUT2D eigenvalue weighted by Gasteiger charge is 2.00. The van der Waals surface area contributed by atoms with E-state index in [0.717, 1.165) is 38.5 Å². The van der Waals surface area contributed by atoms with Crippen molar-refractivity contribution in [3.05, 3.63) is 0 Å². The van der Waals surface area contributed by atoms with Gasteiger partial charge < -0.3 is 4.74 Å². The summed E-state index contributed by atoms with van der Waals surface area (Å²) in [4.78, 5) is 22.2. The van der Waals surface area contributed by atoms with E-state index in [4.69, 9.17) is 0 Å². The van der Waals surface area contributed by atoms with Crippen molar-refractivity contribution < 1.29 is 14.3 Å². The summed E-state index contributed by atoms with van der Waals surface area (Å²) in [6, 6.07) is 0. The van der Waals surface area contributed by atoms with Gasteiger partial charge in [-0.15, -0.1) is 0 Å². The Morgan fingerprint density at radius 1 is 0.700 bits per heavy atom. The van der Waals surface area contributed by atoms with E-state index >= 15 is 0 Å². The molecule has 20 heavy (non-hydrogen) atoms. The Kier molecular flexibility index (Phi) is 13.9. The molecule has 0 fully saturated rings. The Balaban J connectivity index is 3.10. The SMILES string of the molecule is CCCC(=O)CCCCCCCCCCCC(=O)OC. The zero-order valence-electron chi connectivity index (χ0n) is 13.4. The number of esters is 1. The fourth-order valence-electron chi connectivity index (χ4n) is 2.33. The summed E-state index contributed by atoms with van der Waals surface area (Å²) in [5, 5.41) is 0. The molecule has 0 aliphatic heterocycles. The van der Waals surface area contributed by atoms with Gasteiger partial charge in [0.2, 0.25) is 0 Å². The first-order chi connectivity index (χ1) is 9.70. The lowest BCUT2D eigenvalue weighted by Gasteiger charge is -2.02. The first-order valence-corrected chi connectivity index (χ1v) is 8.29. The number of methoxy groups -OCH3 is 1. The van der Waals surface area contributed by atoms with Crippen LogP contribution >= 0.6 is 0 Å². The predicted molar refractivity (Wildman–Crippen MR) is 82.7 cm³/mol. The molecule has 0 N–H and O–H groups in total. The summed E-state index contributed by atoms with van der Waals surface area (Å²) < 4.78 is 4.60. The van der Waals surface area contributed by atoms with Gasteiger partial charge in [0.1, 0.15) is 5.78 Å². The molecule has 0 saturated heterocycles. The average Bonchev–Trinajstić information content (AvgIpc) is 2.44. The fraction of sp³-hybridized carbons (Fsp3) is 0.882. The second kappa shape index (κ2) is 14.5. The van der Waals surface area contributed by atoms with Gasteiger partial charge in [0.05, 0.1) is 7.11 Å². The van der Waals surface area contributed by atoms with Crippen molar-refractivity contribution in [2.75, 3.05) is 7.11 Å². The van der Waals surface area contributed by atoms with Crippen molar-refractivity contribution in [1.82, 2.24) is 0 Å². The second-order valence-corrected chi connectivity index (χ2v) is 5.55. The van der Waals surface area contributed by atoms with Crippen LogP contribution in [0.5, 0.6) is 0 Å². The number of ketones is 1. The second-order valence-electron chi connectivity index (χ2n) is 5.55. The first kappa shape index (κ1) is 19.1. The molecule has 3 nitrogen and oxygen atoms in total. The minimum absolute atomic E-state index is 0.0948. The fourth-order valence-corrected chi connectivity index (χ4v) is 2.33. The third-order valence-electron chi connectivity index (χ3n) is 3.59. The maximum atomic E-state index is 11.3. The van der Waals surface area contributed by atoms with E-state index in [9.17, 15) is 9.59 Å². The predicted octanol–water partition coefficient (Wildman–Crippen LogP) is 4.82. The van der Waals surface area contributed by atoms with Gasteiger partial charge >= 0.3 is 5.97 Å². The highest BCUT2D eigenvalue weighted by molar-refractivity contribution is 5.78. The van der Waals surface area contributed by atoms with Crippen molar-refractivity contribution >= 4 is 11.8 Å². The zero-order valence-corrected chi connectivity index (χ0v) is 13.4. The molecule has 0 rings (SSSR count). The number of carbonyl (C=O) groups excluding carboxylic acids is 2. The molecule has 0 aromatic rings. The molecule has 0 amide bonds. The van der Waals surface area contributed by atoms with Crippen LogP contribution in [-0.4, -0.2) is 18.9 Å². The largest absolute Gasteiger partial charge is 0.469 e. The molecule has 0 aliphatic rings. The normalized spacial score (nSPS) is 10.5. The van der Waals surface area contributed by atoms with Crippen molar-refractivity contribution in [3.8, 4) is 0 Å². The maximum absolute atomic E-state index is 11.3. The van der Waals surface area contributed by atoms with Crippen LogP contribution in [0.1, 0.15) is 90.4 Å². The Morgan fingerprint density at radius 3 is 1.60 bits per heavy atom. The van der Waals surface area contributed by atoms with E-state index < -0.39 is 0 Å². The van der Waals surface area contributed by atoms with E-state index in [1.165, 1.54) is 45.6 Å². The minimum Gasteiger partial charge on any atom is -0.469 e. The van der Waals surface area contributed by atoms with Gasteiger partial charge in [0.25, 0.3) is 0 Å². The van der Waals surface area contributed by atoms with E-state index in [0.29, 0.717) is 12.2 Å². The number of unbranched alkanes of at least 4 members (excludes halogenated alkanes) is 8. The number of hydrogen-bond donors (Lipinski definition) is 0. The molecule has 0 aromatic heterocycles. The lowest BCUT2D eigenvalue weighted by atomic mass is 10.0. The third-order valence-corrected chi connectivity index (χ3v) is 3.59. The molecule has 0 unspecified atom stereocenters. The van der Waals surface area contributed by atoms with E-state index in [1.807, 2.05) is 0 Å². The van der Waals surface area contributed by atoms with Crippen LogP contribution in [0.2, 0.25) is 0 Å². The quantitative estimate of drug-likeness (QED) is 0.339. The van der Waals surface area contributed by atoms with E-state index in [-0.39, 0.29) is 5.97 Å². The molecule has 0 atom stereocenters. The van der Waals surface area contributed by atoms with Crippen LogP contribution in [0.4, 0.5) is 0 Å². The van der Waals surface area contributed by atoms with Gasteiger partial charge in [0.15, 0.2) is 0 Å². The molecule has 0 bridgehead atoms. The summed E-state index contributed by atoms with van der Waals surface area (Å²) in [5.41, 5.74) is 0. The summed E-state index contributed by atoms with van der Waals surface area (Å²) in [7, 11) is 1.44. The molecular weight excluding hydrogens is 252 g/mol. The number of Topliss-reactive ketones (excluding diaryl/α,β-unsaturated/α-hetero) is 1. The molecule has 0 saturated carbocycles. The number of hydrogen-bond acceptors (Lipinski definition) is 3. The van der Waals surface area contributed by atoms with Gasteiger partial charge in [-0.05, 0) is 19.3 Å². The van der Waals surface area contributed by atoms with E-state index in [2.05, 4.69) is 11.7 Å². The molecule has 118 valence electrons. The van der Waals surface area contributed by atoms with Crippen LogP contribution < -0.4 is 0 Å². The van der Waals surface area contributed by atoms with Gasteiger partial charge in [-0.25, -0.2) is 0 Å². The summed E-state index contributed by atoms with van der Waals surface area (Å²) in [6.07, 6.45) is 13.7. The third kappa shape index (κ3) is 13.6.